The first-order valence-corrected chi connectivity index (χ1v) is 6.78. The number of carbonyl (C=O) groups excluding carboxylic acids is 1. The molecule has 0 bridgehead atoms. The van der Waals surface area contributed by atoms with Crippen molar-refractivity contribution in [3.8, 4) is 0 Å². The number of fused-ring (bicyclic) bond motifs is 1. The third-order valence-electron chi connectivity index (χ3n) is 3.72. The van der Waals surface area contributed by atoms with E-state index in [9.17, 15) is 4.79 Å². The van der Waals surface area contributed by atoms with Crippen LogP contribution in [0, 0.1) is 0 Å². The maximum absolute atomic E-state index is 11.8. The molecule has 1 aliphatic rings. The van der Waals surface area contributed by atoms with Gasteiger partial charge < -0.3 is 15.6 Å². The molecule has 0 saturated heterocycles. The predicted molar refractivity (Wildman–Crippen MR) is 74.9 cm³/mol. The second kappa shape index (κ2) is 4.34. The van der Waals surface area contributed by atoms with Gasteiger partial charge in [0.2, 0.25) is 5.91 Å². The summed E-state index contributed by atoms with van der Waals surface area (Å²) in [7, 11) is 0. The molecule has 0 saturated carbocycles. The Morgan fingerprint density at radius 1 is 1.32 bits per heavy atom. The molecule has 5 heteroatoms. The van der Waals surface area contributed by atoms with Gasteiger partial charge in [-0.3, -0.25) is 4.79 Å². The Hall–Kier alpha value is -1.36. The fourth-order valence-corrected chi connectivity index (χ4v) is 2.53. The molecule has 0 spiro atoms. The van der Waals surface area contributed by atoms with Crippen LogP contribution in [-0.4, -0.2) is 22.0 Å². The van der Waals surface area contributed by atoms with Crippen LogP contribution in [-0.2, 0) is 28.7 Å². The van der Waals surface area contributed by atoms with Gasteiger partial charge >= 0.3 is 0 Å². The van der Waals surface area contributed by atoms with Crippen LogP contribution in [0.4, 0.5) is 0 Å². The van der Waals surface area contributed by atoms with Gasteiger partial charge in [0.15, 0.2) is 0 Å². The quantitative estimate of drug-likeness (QED) is 0.838. The first-order chi connectivity index (χ1) is 8.65. The van der Waals surface area contributed by atoms with Crippen molar-refractivity contribution in [2.45, 2.75) is 58.5 Å². The third-order valence-corrected chi connectivity index (χ3v) is 3.72. The first kappa shape index (κ1) is 14.1. The Morgan fingerprint density at radius 3 is 2.47 bits per heavy atom. The molecule has 19 heavy (non-hydrogen) atoms. The maximum atomic E-state index is 11.8. The van der Waals surface area contributed by atoms with Crippen LogP contribution < -0.4 is 11.1 Å². The highest BCUT2D eigenvalue weighted by molar-refractivity contribution is 5.82. The Bertz CT molecular complexity index is 508. The van der Waals surface area contributed by atoms with E-state index in [2.05, 4.69) is 30.7 Å². The number of nitrogens with two attached hydrogens (primary N) is 1. The zero-order chi connectivity index (χ0) is 14.4. The Kier molecular flexibility index (Phi) is 3.21. The topological polar surface area (TPSA) is 72.9 Å². The highest BCUT2D eigenvalue weighted by Crippen LogP contribution is 2.31. The van der Waals surface area contributed by atoms with Crippen molar-refractivity contribution in [1.29, 1.82) is 0 Å². The number of aromatic nitrogens is 2. The van der Waals surface area contributed by atoms with E-state index in [1.54, 1.807) is 0 Å². The molecule has 1 aromatic rings. The second-order valence-corrected chi connectivity index (χ2v) is 6.76. The number of amides is 1. The molecule has 0 unspecified atom stereocenters. The van der Waals surface area contributed by atoms with Gasteiger partial charge in [0, 0.05) is 30.6 Å². The number of nitrogens with one attached hydrogen (secondary N) is 1. The van der Waals surface area contributed by atoms with Crippen molar-refractivity contribution in [1.82, 2.24) is 14.9 Å². The second-order valence-electron chi connectivity index (χ2n) is 6.76. The average Bonchev–Trinajstić information content (AvgIpc) is 2.68. The standard InChI is InChI=1S/C14H24N4O/c1-13(2,3)12-17-9-8-16-7-6-10(9)18(12)14(4,5)11(15)19/h16H,6-8H2,1-5H3,(H2,15,19). The monoisotopic (exact) mass is 264 g/mol. The molecule has 0 atom stereocenters. The fourth-order valence-electron chi connectivity index (χ4n) is 2.53. The van der Waals surface area contributed by atoms with Gasteiger partial charge in [-0.25, -0.2) is 4.98 Å². The molecule has 2 rings (SSSR count). The SMILES string of the molecule is CC(C)(C)c1nc2c(n1C(C)(C)C(N)=O)CCNC2. The molecular formula is C14H24N4O. The Labute approximate surface area is 114 Å². The van der Waals surface area contributed by atoms with Crippen molar-refractivity contribution in [2.75, 3.05) is 6.54 Å². The lowest BCUT2D eigenvalue weighted by Gasteiger charge is -2.32. The van der Waals surface area contributed by atoms with Crippen LogP contribution in [0.5, 0.6) is 0 Å². The molecule has 0 aliphatic carbocycles. The van der Waals surface area contributed by atoms with Crippen molar-refractivity contribution < 1.29 is 4.79 Å². The minimum Gasteiger partial charge on any atom is -0.368 e. The summed E-state index contributed by atoms with van der Waals surface area (Å²) in [6.45, 7) is 11.8. The third kappa shape index (κ3) is 2.27. The average molecular weight is 264 g/mol. The summed E-state index contributed by atoms with van der Waals surface area (Å²) in [5.74, 6) is 0.613. The number of hydrogen-bond acceptors (Lipinski definition) is 3. The van der Waals surface area contributed by atoms with E-state index in [4.69, 9.17) is 10.7 Å². The number of nitrogens with zero attached hydrogens (tertiary/aromatic N) is 2. The van der Waals surface area contributed by atoms with Crippen LogP contribution in [0.25, 0.3) is 0 Å². The number of hydrogen-bond donors (Lipinski definition) is 2. The molecule has 2 heterocycles. The molecule has 1 amide bonds. The summed E-state index contributed by atoms with van der Waals surface area (Å²) in [6.07, 6.45) is 0.884. The highest BCUT2D eigenvalue weighted by atomic mass is 16.1. The van der Waals surface area contributed by atoms with Gasteiger partial charge in [0.25, 0.3) is 0 Å². The number of primary amides is 1. The highest BCUT2D eigenvalue weighted by Gasteiger charge is 2.37. The molecule has 0 aromatic carbocycles. The van der Waals surface area contributed by atoms with Crippen LogP contribution in [0.1, 0.15) is 51.8 Å². The molecule has 5 nitrogen and oxygen atoms in total. The van der Waals surface area contributed by atoms with E-state index in [0.717, 1.165) is 36.7 Å². The van der Waals surface area contributed by atoms with Crippen molar-refractivity contribution in [3.05, 3.63) is 17.2 Å². The summed E-state index contributed by atoms with van der Waals surface area (Å²) in [6, 6.07) is 0. The van der Waals surface area contributed by atoms with Crippen molar-refractivity contribution in [2.24, 2.45) is 5.73 Å². The van der Waals surface area contributed by atoms with Gasteiger partial charge in [-0.15, -0.1) is 0 Å². The summed E-state index contributed by atoms with van der Waals surface area (Å²) in [4.78, 5) is 16.6. The van der Waals surface area contributed by atoms with E-state index < -0.39 is 5.54 Å². The molecule has 106 valence electrons. The lowest BCUT2D eigenvalue weighted by atomic mass is 9.93. The minimum absolute atomic E-state index is 0.121. The van der Waals surface area contributed by atoms with Gasteiger partial charge in [-0.1, -0.05) is 20.8 Å². The van der Waals surface area contributed by atoms with Crippen LogP contribution in [0.2, 0.25) is 0 Å². The summed E-state index contributed by atoms with van der Waals surface area (Å²) in [5, 5.41) is 3.32. The van der Waals surface area contributed by atoms with E-state index in [1.807, 2.05) is 13.8 Å². The summed E-state index contributed by atoms with van der Waals surface area (Å²) in [5.41, 5.74) is 6.93. The van der Waals surface area contributed by atoms with Gasteiger partial charge in [-0.2, -0.15) is 0 Å². The van der Waals surface area contributed by atoms with E-state index in [-0.39, 0.29) is 11.3 Å². The predicted octanol–water partition coefficient (Wildman–Crippen LogP) is 1.05. The van der Waals surface area contributed by atoms with Crippen LogP contribution in [0.3, 0.4) is 0 Å². The number of carbonyl (C=O) groups is 1. The van der Waals surface area contributed by atoms with Crippen LogP contribution >= 0.6 is 0 Å². The zero-order valence-corrected chi connectivity index (χ0v) is 12.5. The largest absolute Gasteiger partial charge is 0.368 e. The van der Waals surface area contributed by atoms with E-state index in [1.165, 1.54) is 0 Å². The van der Waals surface area contributed by atoms with Crippen LogP contribution in [0.15, 0.2) is 0 Å². The van der Waals surface area contributed by atoms with Crippen molar-refractivity contribution in [3.63, 3.8) is 0 Å². The summed E-state index contributed by atoms with van der Waals surface area (Å²) >= 11 is 0. The van der Waals surface area contributed by atoms with Gasteiger partial charge in [0.1, 0.15) is 11.4 Å². The Balaban J connectivity index is 2.69. The van der Waals surface area contributed by atoms with E-state index >= 15 is 0 Å². The maximum Gasteiger partial charge on any atom is 0.243 e. The smallest absolute Gasteiger partial charge is 0.243 e. The Morgan fingerprint density at radius 2 is 1.95 bits per heavy atom. The molecule has 3 N–H and O–H groups in total. The lowest BCUT2D eigenvalue weighted by molar-refractivity contribution is -0.125. The summed E-state index contributed by atoms with van der Waals surface area (Å²) < 4.78 is 2.06. The normalized spacial score (nSPS) is 16.3. The molecule has 0 fully saturated rings. The molecular weight excluding hydrogens is 240 g/mol. The van der Waals surface area contributed by atoms with Crippen molar-refractivity contribution >= 4 is 5.91 Å². The lowest BCUT2D eigenvalue weighted by Crippen LogP contribution is -2.45. The number of rotatable bonds is 2. The van der Waals surface area contributed by atoms with Gasteiger partial charge in [-0.05, 0) is 13.8 Å². The molecule has 1 aliphatic heterocycles. The molecule has 0 radical (unpaired) electrons. The molecule has 1 aromatic heterocycles. The first-order valence-electron chi connectivity index (χ1n) is 6.78. The minimum atomic E-state index is -0.749. The zero-order valence-electron chi connectivity index (χ0n) is 12.5. The number of imidazole rings is 1. The van der Waals surface area contributed by atoms with Gasteiger partial charge in [0.05, 0.1) is 5.69 Å². The fraction of sp³-hybridized carbons (Fsp3) is 0.714. The van der Waals surface area contributed by atoms with E-state index in [0.29, 0.717) is 0 Å².